The fourth-order valence-corrected chi connectivity index (χ4v) is 4.56. The zero-order valence-corrected chi connectivity index (χ0v) is 21.4. The molecular weight excluding hydrogens is 482 g/mol. The van der Waals surface area contributed by atoms with E-state index in [4.69, 9.17) is 21.4 Å². The van der Waals surface area contributed by atoms with E-state index in [2.05, 4.69) is 17.0 Å². The first-order valence-corrected chi connectivity index (χ1v) is 12.6. The molecule has 186 valence electrons. The minimum absolute atomic E-state index is 0.0429. The molecule has 1 aliphatic rings. The van der Waals surface area contributed by atoms with Crippen molar-refractivity contribution < 1.29 is 9.53 Å². The van der Waals surface area contributed by atoms with Gasteiger partial charge in [-0.3, -0.25) is 9.69 Å². The average Bonchev–Trinajstić information content (AvgIpc) is 3.23. The Morgan fingerprint density at radius 3 is 2.14 bits per heavy atom. The zero-order valence-electron chi connectivity index (χ0n) is 20.6. The van der Waals surface area contributed by atoms with Crippen molar-refractivity contribution in [3.8, 4) is 5.75 Å². The molecule has 1 aliphatic heterocycles. The maximum atomic E-state index is 13.2. The highest BCUT2D eigenvalue weighted by Gasteiger charge is 2.39. The molecule has 1 fully saturated rings. The monoisotopic (exact) mass is 509 g/mol. The predicted molar refractivity (Wildman–Crippen MR) is 147 cm³/mol. The minimum Gasteiger partial charge on any atom is -0.489 e. The lowest BCUT2D eigenvalue weighted by Gasteiger charge is -2.28. The lowest BCUT2D eigenvalue weighted by molar-refractivity contribution is -0.128. The lowest BCUT2D eigenvalue weighted by Crippen LogP contribution is -2.29. The summed E-state index contributed by atoms with van der Waals surface area (Å²) in [6, 6.07) is 35.7. The van der Waals surface area contributed by atoms with E-state index in [-0.39, 0.29) is 18.6 Å². The van der Waals surface area contributed by atoms with Crippen molar-refractivity contribution in [2.75, 3.05) is 6.54 Å². The Balaban J connectivity index is 1.42. The van der Waals surface area contributed by atoms with Crippen LogP contribution in [0.15, 0.2) is 114 Å². The molecule has 6 heteroatoms. The predicted octanol–water partition coefficient (Wildman–Crippen LogP) is 6.69. The Bertz CT molecular complexity index is 1360. The van der Waals surface area contributed by atoms with Crippen molar-refractivity contribution in [2.24, 2.45) is 5.10 Å². The van der Waals surface area contributed by atoms with E-state index < -0.39 is 0 Å². The number of hydrogen-bond acceptors (Lipinski definition) is 4. The van der Waals surface area contributed by atoms with E-state index >= 15 is 0 Å². The van der Waals surface area contributed by atoms with Crippen molar-refractivity contribution in [1.29, 1.82) is 0 Å². The summed E-state index contributed by atoms with van der Waals surface area (Å²) in [5.74, 6) is 0.734. The van der Waals surface area contributed by atoms with E-state index in [1.807, 2.05) is 104 Å². The Labute approximate surface area is 222 Å². The van der Waals surface area contributed by atoms with Crippen LogP contribution in [0, 0.1) is 0 Å². The van der Waals surface area contributed by atoms with E-state index in [1.165, 1.54) is 0 Å². The maximum absolute atomic E-state index is 13.2. The lowest BCUT2D eigenvalue weighted by atomic mass is 10.1. The second-order valence-corrected chi connectivity index (χ2v) is 9.47. The number of rotatable bonds is 8. The number of hydrazone groups is 1. The molecule has 4 aromatic rings. The molecule has 0 aliphatic carbocycles. The molecule has 5 rings (SSSR count). The second-order valence-electron chi connectivity index (χ2n) is 9.04. The summed E-state index contributed by atoms with van der Waals surface area (Å²) < 4.78 is 5.98. The number of hydrogen-bond donors (Lipinski definition) is 0. The van der Waals surface area contributed by atoms with E-state index in [0.717, 1.165) is 33.7 Å². The van der Waals surface area contributed by atoms with Crippen molar-refractivity contribution in [3.05, 3.63) is 136 Å². The first kappa shape index (κ1) is 24.8. The number of benzene rings is 4. The molecule has 4 aromatic carbocycles. The zero-order chi connectivity index (χ0) is 25.6. The standard InChI is InChI=1S/C31H28ClN3O2/c1-23(26-12-16-28(32)17-13-26)33-35-30(36)21-34(20-24-8-4-2-5-9-24)31(35)27-14-18-29(19-15-27)37-22-25-10-6-3-7-11-25/h2-19,31H,20-22H2,1H3/b33-23-/t31-/m0/s1. The van der Waals surface area contributed by atoms with Crippen LogP contribution in [-0.2, 0) is 17.9 Å². The van der Waals surface area contributed by atoms with Crippen LogP contribution in [0.25, 0.3) is 0 Å². The highest BCUT2D eigenvalue weighted by molar-refractivity contribution is 6.30. The van der Waals surface area contributed by atoms with E-state index in [1.54, 1.807) is 5.01 Å². The third-order valence-electron chi connectivity index (χ3n) is 6.35. The molecule has 0 saturated carbocycles. The number of carbonyl (C=O) groups excluding carboxylic acids is 1. The summed E-state index contributed by atoms with van der Waals surface area (Å²) in [6.07, 6.45) is -0.335. The van der Waals surface area contributed by atoms with Crippen LogP contribution in [0.3, 0.4) is 0 Å². The Morgan fingerprint density at radius 2 is 1.49 bits per heavy atom. The summed E-state index contributed by atoms with van der Waals surface area (Å²) in [5, 5.41) is 7.06. The first-order valence-electron chi connectivity index (χ1n) is 12.2. The van der Waals surface area contributed by atoms with Gasteiger partial charge in [0.15, 0.2) is 0 Å². The van der Waals surface area contributed by atoms with Crippen LogP contribution in [0.1, 0.15) is 35.3 Å². The summed E-state index contributed by atoms with van der Waals surface area (Å²) in [6.45, 7) is 3.33. The fraction of sp³-hybridized carbons (Fsp3) is 0.161. The van der Waals surface area contributed by atoms with Gasteiger partial charge in [-0.05, 0) is 53.4 Å². The molecule has 0 radical (unpaired) electrons. The largest absolute Gasteiger partial charge is 0.489 e. The van der Waals surface area contributed by atoms with Crippen molar-refractivity contribution >= 4 is 23.2 Å². The van der Waals surface area contributed by atoms with Gasteiger partial charge in [-0.1, -0.05) is 96.5 Å². The van der Waals surface area contributed by atoms with Crippen molar-refractivity contribution in [1.82, 2.24) is 9.91 Å². The number of halogens is 1. The van der Waals surface area contributed by atoms with Gasteiger partial charge in [0.25, 0.3) is 5.91 Å². The molecule has 37 heavy (non-hydrogen) atoms. The molecule has 0 spiro atoms. The third kappa shape index (κ3) is 6.08. The first-order chi connectivity index (χ1) is 18.1. The van der Waals surface area contributed by atoms with Gasteiger partial charge in [0.2, 0.25) is 0 Å². The Hall–Kier alpha value is -3.93. The van der Waals surface area contributed by atoms with Gasteiger partial charge >= 0.3 is 0 Å². The van der Waals surface area contributed by atoms with E-state index in [9.17, 15) is 4.79 Å². The summed E-state index contributed by atoms with van der Waals surface area (Å²) in [4.78, 5) is 15.4. The van der Waals surface area contributed by atoms with Crippen LogP contribution in [-0.4, -0.2) is 28.1 Å². The van der Waals surface area contributed by atoms with Crippen LogP contribution in [0.5, 0.6) is 5.75 Å². The molecule has 0 bridgehead atoms. The number of carbonyl (C=O) groups is 1. The third-order valence-corrected chi connectivity index (χ3v) is 6.60. The molecular formula is C31H28ClN3O2. The second kappa shape index (κ2) is 11.4. The molecule has 1 saturated heterocycles. The highest BCUT2D eigenvalue weighted by atomic mass is 35.5. The minimum atomic E-state index is -0.335. The van der Waals surface area contributed by atoms with Crippen molar-refractivity contribution in [3.63, 3.8) is 0 Å². The van der Waals surface area contributed by atoms with Crippen molar-refractivity contribution in [2.45, 2.75) is 26.2 Å². The fourth-order valence-electron chi connectivity index (χ4n) is 4.43. The highest BCUT2D eigenvalue weighted by Crippen LogP contribution is 2.34. The topological polar surface area (TPSA) is 45.1 Å². The molecule has 1 atom stereocenters. The van der Waals surface area contributed by atoms with Gasteiger partial charge in [0.1, 0.15) is 18.5 Å². The van der Waals surface area contributed by atoms with Gasteiger partial charge in [0, 0.05) is 11.6 Å². The molecule has 0 aromatic heterocycles. The maximum Gasteiger partial charge on any atom is 0.258 e. The average molecular weight is 510 g/mol. The molecule has 5 nitrogen and oxygen atoms in total. The summed E-state index contributed by atoms with van der Waals surface area (Å²) >= 11 is 6.06. The van der Waals surface area contributed by atoms with Gasteiger partial charge in [-0.15, -0.1) is 0 Å². The van der Waals surface area contributed by atoms with Crippen LogP contribution in [0.2, 0.25) is 5.02 Å². The number of amides is 1. The summed E-state index contributed by atoms with van der Waals surface area (Å²) in [5.41, 5.74) is 4.89. The Morgan fingerprint density at radius 1 is 0.865 bits per heavy atom. The Kier molecular flexibility index (Phi) is 7.64. The van der Waals surface area contributed by atoms with Gasteiger partial charge in [0.05, 0.1) is 12.3 Å². The van der Waals surface area contributed by atoms with Crippen LogP contribution >= 0.6 is 11.6 Å². The van der Waals surface area contributed by atoms with Crippen LogP contribution < -0.4 is 4.74 Å². The molecule has 0 N–H and O–H groups in total. The summed E-state index contributed by atoms with van der Waals surface area (Å²) in [7, 11) is 0. The quantitative estimate of drug-likeness (QED) is 0.249. The molecule has 1 amide bonds. The van der Waals surface area contributed by atoms with E-state index in [0.29, 0.717) is 18.2 Å². The smallest absolute Gasteiger partial charge is 0.258 e. The number of ether oxygens (including phenoxy) is 1. The van der Waals surface area contributed by atoms with Gasteiger partial charge < -0.3 is 4.74 Å². The SMILES string of the molecule is C/C(=N/N1C(=O)CN(Cc2ccccc2)[C@@H]1c1ccc(OCc2ccccc2)cc1)c1ccc(Cl)cc1. The van der Waals surface area contributed by atoms with Crippen LogP contribution in [0.4, 0.5) is 0 Å². The van der Waals surface area contributed by atoms with Gasteiger partial charge in [-0.25, -0.2) is 5.01 Å². The number of nitrogens with zero attached hydrogens (tertiary/aromatic N) is 3. The van der Waals surface area contributed by atoms with Gasteiger partial charge in [-0.2, -0.15) is 5.10 Å². The molecule has 0 unspecified atom stereocenters. The molecule has 1 heterocycles. The normalized spacial score (nSPS) is 16.3.